The van der Waals surface area contributed by atoms with Gasteiger partial charge in [0.1, 0.15) is 0 Å². The molecule has 19 heavy (non-hydrogen) atoms. The van der Waals surface area contributed by atoms with Crippen LogP contribution in [0.25, 0.3) is 6.08 Å². The van der Waals surface area contributed by atoms with Gasteiger partial charge >= 0.3 is 0 Å². The molecule has 0 unspecified atom stereocenters. The molecule has 0 saturated heterocycles. The van der Waals surface area contributed by atoms with Crippen molar-refractivity contribution < 1.29 is 14.3 Å². The molecule has 1 aromatic carbocycles. The van der Waals surface area contributed by atoms with Crippen molar-refractivity contribution >= 4 is 23.6 Å². The first-order valence-electron chi connectivity index (χ1n) is 6.04. The third kappa shape index (κ3) is 3.64. The molecule has 0 heterocycles. The highest BCUT2D eigenvalue weighted by atomic mass is 35.5. The fourth-order valence-corrected chi connectivity index (χ4v) is 1.98. The maximum atomic E-state index is 11.5. The van der Waals surface area contributed by atoms with E-state index in [1.807, 2.05) is 0 Å². The van der Waals surface area contributed by atoms with Gasteiger partial charge in [-0.05, 0) is 36.6 Å². The lowest BCUT2D eigenvalue weighted by molar-refractivity contribution is -0.116. The Morgan fingerprint density at radius 3 is 2.68 bits per heavy atom. The molecule has 0 radical (unpaired) electrons. The normalized spacial score (nSPS) is 14.5. The Hall–Kier alpha value is -1.68. The van der Waals surface area contributed by atoms with Gasteiger partial charge in [-0.15, -0.1) is 0 Å². The molecule has 1 amide bonds. The Morgan fingerprint density at radius 1 is 1.37 bits per heavy atom. The monoisotopic (exact) mass is 281 g/mol. The number of amides is 1. The quantitative estimate of drug-likeness (QED) is 0.844. The fraction of sp³-hybridized carbons (Fsp3) is 0.357. The molecule has 1 N–H and O–H groups in total. The van der Waals surface area contributed by atoms with E-state index in [1.54, 1.807) is 25.3 Å². The summed E-state index contributed by atoms with van der Waals surface area (Å²) in [5.41, 5.74) is 0.786. The van der Waals surface area contributed by atoms with Gasteiger partial charge in [0.05, 0.1) is 19.2 Å². The highest BCUT2D eigenvalue weighted by Gasteiger charge is 2.22. The van der Waals surface area contributed by atoms with Crippen LogP contribution < -0.4 is 14.8 Å². The molecule has 1 fully saturated rings. The van der Waals surface area contributed by atoms with E-state index in [4.69, 9.17) is 21.1 Å². The fourth-order valence-electron chi connectivity index (χ4n) is 1.68. The highest BCUT2D eigenvalue weighted by molar-refractivity contribution is 6.32. The molecule has 4 nitrogen and oxygen atoms in total. The third-order valence-corrected chi connectivity index (χ3v) is 3.09. The minimum absolute atomic E-state index is 0.0894. The van der Waals surface area contributed by atoms with Gasteiger partial charge < -0.3 is 14.8 Å². The second-order valence-electron chi connectivity index (χ2n) is 4.35. The van der Waals surface area contributed by atoms with E-state index in [1.165, 1.54) is 13.2 Å². The number of methoxy groups -OCH3 is 2. The van der Waals surface area contributed by atoms with E-state index in [2.05, 4.69) is 5.32 Å². The van der Waals surface area contributed by atoms with Gasteiger partial charge in [-0.2, -0.15) is 0 Å². The van der Waals surface area contributed by atoms with Crippen molar-refractivity contribution in [3.05, 3.63) is 28.8 Å². The average Bonchev–Trinajstić information content (AvgIpc) is 3.19. The van der Waals surface area contributed by atoms with E-state index >= 15 is 0 Å². The van der Waals surface area contributed by atoms with Crippen LogP contribution in [0.5, 0.6) is 11.5 Å². The zero-order valence-electron chi connectivity index (χ0n) is 10.9. The molecule has 0 aliphatic heterocycles. The summed E-state index contributed by atoms with van der Waals surface area (Å²) < 4.78 is 10.3. The lowest BCUT2D eigenvalue weighted by Crippen LogP contribution is -2.22. The number of carbonyl (C=O) groups excluding carboxylic acids is 1. The molecule has 0 spiro atoms. The predicted octanol–water partition coefficient (Wildman–Crippen LogP) is 2.65. The van der Waals surface area contributed by atoms with Crippen LogP contribution in [0.3, 0.4) is 0 Å². The zero-order valence-corrected chi connectivity index (χ0v) is 11.7. The first-order chi connectivity index (χ1) is 9.13. The lowest BCUT2D eigenvalue weighted by atomic mass is 10.2. The Kier molecular flexibility index (Phi) is 4.32. The van der Waals surface area contributed by atoms with Crippen molar-refractivity contribution in [3.8, 4) is 11.5 Å². The van der Waals surface area contributed by atoms with Gasteiger partial charge in [-0.25, -0.2) is 0 Å². The molecule has 1 aliphatic rings. The number of benzene rings is 1. The molecule has 5 heteroatoms. The van der Waals surface area contributed by atoms with Crippen molar-refractivity contribution in [2.45, 2.75) is 18.9 Å². The predicted molar refractivity (Wildman–Crippen MR) is 74.8 cm³/mol. The SMILES string of the molecule is COc1cc(/C=C/C(=O)NC2CC2)cc(Cl)c1OC. The van der Waals surface area contributed by atoms with E-state index in [0.717, 1.165) is 18.4 Å². The minimum Gasteiger partial charge on any atom is -0.493 e. The van der Waals surface area contributed by atoms with Crippen molar-refractivity contribution in [2.24, 2.45) is 0 Å². The molecular weight excluding hydrogens is 266 g/mol. The molecule has 0 atom stereocenters. The summed E-state index contributed by atoms with van der Waals surface area (Å²) in [6, 6.07) is 3.85. The van der Waals surface area contributed by atoms with Gasteiger partial charge in [0, 0.05) is 12.1 Å². The first-order valence-corrected chi connectivity index (χ1v) is 6.42. The summed E-state index contributed by atoms with van der Waals surface area (Å²) in [4.78, 5) is 11.5. The van der Waals surface area contributed by atoms with Crippen LogP contribution in [0, 0.1) is 0 Å². The second-order valence-corrected chi connectivity index (χ2v) is 4.76. The van der Waals surface area contributed by atoms with Crippen LogP contribution in [0.2, 0.25) is 5.02 Å². The second kappa shape index (κ2) is 5.97. The number of hydrogen-bond acceptors (Lipinski definition) is 3. The van der Waals surface area contributed by atoms with Crippen LogP contribution in [0.1, 0.15) is 18.4 Å². The largest absolute Gasteiger partial charge is 0.493 e. The summed E-state index contributed by atoms with van der Waals surface area (Å²) in [7, 11) is 3.07. The van der Waals surface area contributed by atoms with Crippen LogP contribution in [0.15, 0.2) is 18.2 Å². The van der Waals surface area contributed by atoms with Crippen LogP contribution in [-0.4, -0.2) is 26.2 Å². The van der Waals surface area contributed by atoms with Crippen LogP contribution in [0.4, 0.5) is 0 Å². The van der Waals surface area contributed by atoms with Crippen molar-refractivity contribution in [2.75, 3.05) is 14.2 Å². The summed E-state index contributed by atoms with van der Waals surface area (Å²) in [5.74, 6) is 0.939. The zero-order chi connectivity index (χ0) is 13.8. The minimum atomic E-state index is -0.0894. The summed E-state index contributed by atoms with van der Waals surface area (Å²) in [6.07, 6.45) is 5.34. The smallest absolute Gasteiger partial charge is 0.244 e. The van der Waals surface area contributed by atoms with Gasteiger partial charge in [-0.1, -0.05) is 11.6 Å². The van der Waals surface area contributed by atoms with Gasteiger partial charge in [0.15, 0.2) is 11.5 Å². The number of ether oxygens (including phenoxy) is 2. The molecule has 0 aromatic heterocycles. The molecule has 1 aromatic rings. The van der Waals surface area contributed by atoms with E-state index in [-0.39, 0.29) is 5.91 Å². The van der Waals surface area contributed by atoms with E-state index in [0.29, 0.717) is 22.6 Å². The number of nitrogens with one attached hydrogen (secondary N) is 1. The van der Waals surface area contributed by atoms with E-state index < -0.39 is 0 Å². The molecule has 1 saturated carbocycles. The Labute approximate surface area is 117 Å². The Morgan fingerprint density at radius 2 is 2.11 bits per heavy atom. The maximum Gasteiger partial charge on any atom is 0.244 e. The van der Waals surface area contributed by atoms with Gasteiger partial charge in [-0.3, -0.25) is 4.79 Å². The van der Waals surface area contributed by atoms with Gasteiger partial charge in [0.25, 0.3) is 0 Å². The maximum absolute atomic E-state index is 11.5. The van der Waals surface area contributed by atoms with E-state index in [9.17, 15) is 4.79 Å². The third-order valence-electron chi connectivity index (χ3n) is 2.81. The van der Waals surface area contributed by atoms with Crippen molar-refractivity contribution in [1.29, 1.82) is 0 Å². The molecular formula is C14H16ClNO3. The number of hydrogen-bond donors (Lipinski definition) is 1. The molecule has 2 rings (SSSR count). The molecule has 0 bridgehead atoms. The number of carbonyl (C=O) groups is 1. The lowest BCUT2D eigenvalue weighted by Gasteiger charge is -2.10. The topological polar surface area (TPSA) is 47.6 Å². The Balaban J connectivity index is 2.13. The number of halogens is 1. The van der Waals surface area contributed by atoms with Crippen molar-refractivity contribution in [3.63, 3.8) is 0 Å². The standard InChI is InChI=1S/C14H16ClNO3/c1-18-12-8-9(7-11(15)14(12)19-2)3-6-13(17)16-10-4-5-10/h3,6-8,10H,4-5H2,1-2H3,(H,16,17)/b6-3+. The van der Waals surface area contributed by atoms with Gasteiger partial charge in [0.2, 0.25) is 5.91 Å². The number of rotatable bonds is 5. The first kappa shape index (κ1) is 13.7. The summed E-state index contributed by atoms with van der Waals surface area (Å²) >= 11 is 6.08. The van der Waals surface area contributed by atoms with Crippen LogP contribution in [-0.2, 0) is 4.79 Å². The van der Waals surface area contributed by atoms with Crippen molar-refractivity contribution in [1.82, 2.24) is 5.32 Å². The van der Waals surface area contributed by atoms with Crippen LogP contribution >= 0.6 is 11.6 Å². The summed E-state index contributed by atoms with van der Waals surface area (Å²) in [5, 5.41) is 3.32. The molecule has 102 valence electrons. The molecule has 1 aliphatic carbocycles. The Bertz CT molecular complexity index is 510. The highest BCUT2D eigenvalue weighted by Crippen LogP contribution is 2.36. The summed E-state index contributed by atoms with van der Waals surface area (Å²) in [6.45, 7) is 0. The average molecular weight is 282 g/mol.